The highest BCUT2D eigenvalue weighted by atomic mass is 15.2. The average Bonchev–Trinajstić information content (AvgIpc) is 2.78. The maximum absolute atomic E-state index is 6.37. The zero-order chi connectivity index (χ0) is 13.0. The van der Waals surface area contributed by atoms with Crippen molar-refractivity contribution in [1.29, 1.82) is 0 Å². The van der Waals surface area contributed by atoms with Crippen molar-refractivity contribution in [2.75, 3.05) is 13.1 Å². The Morgan fingerprint density at radius 2 is 2.11 bits per heavy atom. The first-order valence-corrected chi connectivity index (χ1v) is 7.27. The lowest BCUT2D eigenvalue weighted by molar-refractivity contribution is 0.122. The fourth-order valence-corrected chi connectivity index (χ4v) is 3.05. The molecule has 2 heterocycles. The quantitative estimate of drug-likeness (QED) is 0.871. The highest BCUT2D eigenvalue weighted by molar-refractivity contribution is 5.10. The lowest BCUT2D eigenvalue weighted by atomic mass is 9.94. The lowest BCUT2D eigenvalue weighted by Crippen LogP contribution is -2.46. The Hall–Kier alpha value is -0.870. The maximum Gasteiger partial charge on any atom is 0.0948 e. The second-order valence-corrected chi connectivity index (χ2v) is 5.30. The van der Waals surface area contributed by atoms with Crippen LogP contribution in [0.3, 0.4) is 0 Å². The number of piperidine rings is 1. The van der Waals surface area contributed by atoms with Gasteiger partial charge in [0.15, 0.2) is 0 Å². The topological polar surface area (TPSA) is 47.1 Å². The number of aryl methyl sites for hydroxylation is 1. The second-order valence-electron chi connectivity index (χ2n) is 5.30. The molecule has 2 rings (SSSR count). The van der Waals surface area contributed by atoms with E-state index in [1.54, 1.807) is 0 Å². The lowest BCUT2D eigenvalue weighted by Gasteiger charge is -2.40. The molecule has 1 aromatic rings. The molecule has 102 valence electrons. The van der Waals surface area contributed by atoms with Gasteiger partial charge in [0, 0.05) is 18.8 Å². The van der Waals surface area contributed by atoms with Gasteiger partial charge in [-0.05, 0) is 38.8 Å². The van der Waals surface area contributed by atoms with Gasteiger partial charge < -0.3 is 10.3 Å². The van der Waals surface area contributed by atoms with Gasteiger partial charge in [0.2, 0.25) is 0 Å². The van der Waals surface area contributed by atoms with E-state index < -0.39 is 0 Å². The zero-order valence-electron chi connectivity index (χ0n) is 11.7. The minimum Gasteiger partial charge on any atom is -0.333 e. The number of rotatable bonds is 5. The van der Waals surface area contributed by atoms with Gasteiger partial charge in [-0.2, -0.15) is 0 Å². The number of likely N-dealkylation sites (tertiary alicyclic amines) is 1. The van der Waals surface area contributed by atoms with E-state index in [2.05, 4.69) is 28.3 Å². The predicted octanol–water partition coefficient (Wildman–Crippen LogP) is 2.17. The molecule has 1 fully saturated rings. The summed E-state index contributed by atoms with van der Waals surface area (Å²) in [5.41, 5.74) is 7.68. The number of nitrogens with zero attached hydrogens (tertiary/aromatic N) is 3. The van der Waals surface area contributed by atoms with Gasteiger partial charge in [0.05, 0.1) is 18.1 Å². The van der Waals surface area contributed by atoms with E-state index in [0.29, 0.717) is 6.04 Å². The summed E-state index contributed by atoms with van der Waals surface area (Å²) in [5, 5.41) is 0. The molecule has 0 bridgehead atoms. The smallest absolute Gasteiger partial charge is 0.0948 e. The van der Waals surface area contributed by atoms with E-state index in [4.69, 9.17) is 5.73 Å². The summed E-state index contributed by atoms with van der Waals surface area (Å²) in [6, 6.07) is 0.602. The molecule has 2 unspecified atom stereocenters. The van der Waals surface area contributed by atoms with Crippen LogP contribution in [0.25, 0.3) is 0 Å². The van der Waals surface area contributed by atoms with E-state index in [1.807, 2.05) is 12.5 Å². The molecule has 1 aliphatic heterocycles. The van der Waals surface area contributed by atoms with Gasteiger partial charge in [0.25, 0.3) is 0 Å². The van der Waals surface area contributed by atoms with Gasteiger partial charge in [-0.25, -0.2) is 4.98 Å². The van der Waals surface area contributed by atoms with Gasteiger partial charge in [-0.1, -0.05) is 13.8 Å². The Labute approximate surface area is 110 Å². The molecule has 1 saturated heterocycles. The molecule has 4 heteroatoms. The Morgan fingerprint density at radius 1 is 1.33 bits per heavy atom. The monoisotopic (exact) mass is 250 g/mol. The van der Waals surface area contributed by atoms with Crippen molar-refractivity contribution in [3.8, 4) is 0 Å². The van der Waals surface area contributed by atoms with E-state index in [0.717, 1.165) is 25.9 Å². The summed E-state index contributed by atoms with van der Waals surface area (Å²) >= 11 is 0. The summed E-state index contributed by atoms with van der Waals surface area (Å²) in [7, 11) is 0. The van der Waals surface area contributed by atoms with Crippen LogP contribution in [-0.4, -0.2) is 33.6 Å². The predicted molar refractivity (Wildman–Crippen MR) is 74.3 cm³/mol. The highest BCUT2D eigenvalue weighted by Gasteiger charge is 2.31. The van der Waals surface area contributed by atoms with Crippen molar-refractivity contribution in [3.05, 3.63) is 18.2 Å². The molecule has 0 aromatic carbocycles. The summed E-state index contributed by atoms with van der Waals surface area (Å²) in [5.74, 6) is 0. The highest BCUT2D eigenvalue weighted by Crippen LogP contribution is 2.30. The Kier molecular flexibility index (Phi) is 4.78. The normalized spacial score (nSPS) is 25.5. The van der Waals surface area contributed by atoms with Gasteiger partial charge in [0.1, 0.15) is 0 Å². The van der Waals surface area contributed by atoms with Crippen molar-refractivity contribution in [3.63, 3.8) is 0 Å². The van der Waals surface area contributed by atoms with Gasteiger partial charge >= 0.3 is 0 Å². The minimum absolute atomic E-state index is 0.248. The minimum atomic E-state index is 0.248. The van der Waals surface area contributed by atoms with E-state index in [1.165, 1.54) is 25.1 Å². The third-order valence-corrected chi connectivity index (χ3v) is 3.80. The SMILES string of the molecule is CCCN1CCCC(N)C1c1cncn1CCC. The molecular weight excluding hydrogens is 224 g/mol. The van der Waals surface area contributed by atoms with Crippen molar-refractivity contribution in [2.45, 2.75) is 58.2 Å². The molecule has 0 radical (unpaired) electrons. The first-order valence-electron chi connectivity index (χ1n) is 7.27. The molecule has 0 amide bonds. The summed E-state index contributed by atoms with van der Waals surface area (Å²) in [4.78, 5) is 6.86. The maximum atomic E-state index is 6.37. The van der Waals surface area contributed by atoms with Crippen LogP contribution in [0.1, 0.15) is 51.3 Å². The van der Waals surface area contributed by atoms with Gasteiger partial charge in [-0.15, -0.1) is 0 Å². The third kappa shape index (κ3) is 2.75. The van der Waals surface area contributed by atoms with E-state index in [9.17, 15) is 0 Å². The molecule has 1 aromatic heterocycles. The molecular formula is C14H26N4. The molecule has 18 heavy (non-hydrogen) atoms. The van der Waals surface area contributed by atoms with Crippen LogP contribution in [0.4, 0.5) is 0 Å². The number of nitrogens with two attached hydrogens (primary N) is 1. The Balaban J connectivity index is 2.22. The molecule has 2 N–H and O–H groups in total. The zero-order valence-corrected chi connectivity index (χ0v) is 11.7. The fourth-order valence-electron chi connectivity index (χ4n) is 3.05. The molecule has 4 nitrogen and oxygen atoms in total. The molecule has 2 atom stereocenters. The number of imidazole rings is 1. The first-order chi connectivity index (χ1) is 8.77. The molecule has 0 spiro atoms. The fraction of sp³-hybridized carbons (Fsp3) is 0.786. The second kappa shape index (κ2) is 6.34. The number of hydrogen-bond donors (Lipinski definition) is 1. The summed E-state index contributed by atoms with van der Waals surface area (Å²) < 4.78 is 2.28. The van der Waals surface area contributed by atoms with E-state index in [-0.39, 0.29) is 6.04 Å². The molecule has 0 aliphatic carbocycles. The van der Waals surface area contributed by atoms with Crippen LogP contribution in [0.15, 0.2) is 12.5 Å². The van der Waals surface area contributed by atoms with Crippen molar-refractivity contribution in [2.24, 2.45) is 5.73 Å². The molecule has 1 aliphatic rings. The standard InChI is InChI=1S/C14H26N4/c1-3-7-17-9-5-6-12(15)14(17)13-10-16-11-18(13)8-4-2/h10-12,14H,3-9,15H2,1-2H3. The van der Waals surface area contributed by atoms with Crippen LogP contribution in [-0.2, 0) is 6.54 Å². The summed E-state index contributed by atoms with van der Waals surface area (Å²) in [6.45, 7) is 7.78. The van der Waals surface area contributed by atoms with Crippen LogP contribution in [0.5, 0.6) is 0 Å². The van der Waals surface area contributed by atoms with Crippen LogP contribution < -0.4 is 5.73 Å². The Bertz CT molecular complexity index is 358. The number of aromatic nitrogens is 2. The average molecular weight is 250 g/mol. The van der Waals surface area contributed by atoms with Crippen molar-refractivity contribution < 1.29 is 0 Å². The van der Waals surface area contributed by atoms with Crippen molar-refractivity contribution in [1.82, 2.24) is 14.5 Å². The Morgan fingerprint density at radius 3 is 2.83 bits per heavy atom. The van der Waals surface area contributed by atoms with Crippen LogP contribution in [0.2, 0.25) is 0 Å². The van der Waals surface area contributed by atoms with Crippen LogP contribution >= 0.6 is 0 Å². The van der Waals surface area contributed by atoms with E-state index >= 15 is 0 Å². The van der Waals surface area contributed by atoms with Gasteiger partial charge in [-0.3, -0.25) is 4.90 Å². The number of hydrogen-bond acceptors (Lipinski definition) is 3. The summed E-state index contributed by atoms with van der Waals surface area (Å²) in [6.07, 6.45) is 8.63. The van der Waals surface area contributed by atoms with Crippen LogP contribution in [0, 0.1) is 0 Å². The largest absolute Gasteiger partial charge is 0.333 e. The third-order valence-electron chi connectivity index (χ3n) is 3.80. The first kappa shape index (κ1) is 13.6. The molecule has 0 saturated carbocycles. The van der Waals surface area contributed by atoms with Crippen molar-refractivity contribution >= 4 is 0 Å².